The van der Waals surface area contributed by atoms with Crippen molar-refractivity contribution in [1.29, 1.82) is 0 Å². The number of hydrogen-bond acceptors (Lipinski definition) is 5. The molecule has 0 aliphatic rings. The first-order chi connectivity index (χ1) is 36.5. The van der Waals surface area contributed by atoms with Crippen molar-refractivity contribution < 1.29 is 24.5 Å². The van der Waals surface area contributed by atoms with E-state index >= 15 is 0 Å². The zero-order chi connectivity index (χ0) is 53.6. The second-order valence-corrected chi connectivity index (χ2v) is 23.2. The number of carbonyl (C=O) groups excluding carboxylic acids is 2. The van der Waals surface area contributed by atoms with Crippen LogP contribution in [0.5, 0.6) is 0 Å². The van der Waals surface area contributed by atoms with Gasteiger partial charge in [-0.15, -0.1) is 0 Å². The molecule has 0 rings (SSSR count). The maximum Gasteiger partial charge on any atom is 0.305 e. The van der Waals surface area contributed by atoms with Gasteiger partial charge in [-0.3, -0.25) is 9.59 Å². The van der Waals surface area contributed by atoms with Crippen molar-refractivity contribution in [3.63, 3.8) is 0 Å². The van der Waals surface area contributed by atoms with Crippen LogP contribution in [0, 0.1) is 0 Å². The van der Waals surface area contributed by atoms with Crippen LogP contribution >= 0.6 is 0 Å². The lowest BCUT2D eigenvalue weighted by molar-refractivity contribution is -0.143. The Morgan fingerprint density at radius 1 is 0.365 bits per heavy atom. The van der Waals surface area contributed by atoms with Gasteiger partial charge in [-0.2, -0.15) is 0 Å². The molecule has 2 atom stereocenters. The lowest BCUT2D eigenvalue weighted by Crippen LogP contribution is -2.45. The molecule has 0 fully saturated rings. The van der Waals surface area contributed by atoms with Crippen molar-refractivity contribution in [2.45, 2.75) is 386 Å². The topological polar surface area (TPSA) is 95.9 Å². The van der Waals surface area contributed by atoms with Crippen LogP contribution in [-0.2, 0) is 14.3 Å². The predicted octanol–water partition coefficient (Wildman–Crippen LogP) is 21.4. The number of esters is 1. The molecule has 0 spiro atoms. The fraction of sp³-hybridized carbons (Fsp3) is 0.912. The zero-order valence-electron chi connectivity index (χ0n) is 50.1. The van der Waals surface area contributed by atoms with E-state index in [2.05, 4.69) is 31.3 Å². The van der Waals surface area contributed by atoms with E-state index in [0.29, 0.717) is 19.4 Å². The fourth-order valence-electron chi connectivity index (χ4n) is 10.6. The Bertz CT molecular complexity index is 1150. The third-order valence-corrected chi connectivity index (χ3v) is 15.7. The van der Waals surface area contributed by atoms with Crippen molar-refractivity contribution in [3.05, 3.63) is 24.3 Å². The number of rotatable bonds is 63. The van der Waals surface area contributed by atoms with Crippen LogP contribution in [0.25, 0.3) is 0 Å². The first kappa shape index (κ1) is 72.3. The van der Waals surface area contributed by atoms with Gasteiger partial charge in [0.2, 0.25) is 5.91 Å². The number of nitrogens with one attached hydrogen (secondary N) is 1. The minimum absolute atomic E-state index is 0.00898. The lowest BCUT2D eigenvalue weighted by Gasteiger charge is -2.20. The number of aliphatic hydroxyl groups excluding tert-OH is 2. The average molecular weight is 1040 g/mol. The summed E-state index contributed by atoms with van der Waals surface area (Å²) >= 11 is 0. The van der Waals surface area contributed by atoms with Gasteiger partial charge in [-0.25, -0.2) is 0 Å². The molecular formula is C68H131NO5. The summed E-state index contributed by atoms with van der Waals surface area (Å²) in [5, 5.41) is 23.2. The number of ether oxygens (including phenoxy) is 1. The standard InChI is InChI=1S/C68H131NO5/c1-3-5-7-9-11-13-15-16-17-34-37-41-44-48-52-56-60-66(71)65(64-70)69-67(72)61-57-53-49-45-42-38-35-32-30-28-26-24-22-20-18-19-21-23-25-27-29-31-33-36-39-43-47-51-55-59-63-74-68(73)62-58-54-50-46-40-14-12-10-8-6-4-2/h10,12,56,60,65-66,70-71H,3-9,11,13-55,57-59,61-64H2,1-2H3,(H,69,72)/b12-10-,60-56+. The fourth-order valence-corrected chi connectivity index (χ4v) is 10.6. The normalized spacial score (nSPS) is 12.6. The summed E-state index contributed by atoms with van der Waals surface area (Å²) in [7, 11) is 0. The highest BCUT2D eigenvalue weighted by Crippen LogP contribution is 2.19. The molecule has 0 aliphatic heterocycles. The molecule has 6 nitrogen and oxygen atoms in total. The van der Waals surface area contributed by atoms with E-state index < -0.39 is 12.1 Å². The van der Waals surface area contributed by atoms with Gasteiger partial charge < -0.3 is 20.3 Å². The highest BCUT2D eigenvalue weighted by atomic mass is 16.5. The molecule has 1 amide bonds. The summed E-state index contributed by atoms with van der Waals surface area (Å²) in [5.41, 5.74) is 0. The van der Waals surface area contributed by atoms with Gasteiger partial charge in [0.1, 0.15) is 0 Å². The molecular weight excluding hydrogens is 911 g/mol. The summed E-state index contributed by atoms with van der Waals surface area (Å²) < 4.78 is 5.47. The Balaban J connectivity index is 3.35. The van der Waals surface area contributed by atoms with Crippen LogP contribution < -0.4 is 5.32 Å². The molecule has 0 bridgehead atoms. The summed E-state index contributed by atoms with van der Waals surface area (Å²) in [6, 6.07) is -0.624. The van der Waals surface area contributed by atoms with Gasteiger partial charge in [0.05, 0.1) is 25.4 Å². The Kier molecular flexibility index (Phi) is 62.4. The number of carbonyl (C=O) groups is 2. The molecule has 74 heavy (non-hydrogen) atoms. The molecule has 6 heteroatoms. The number of unbranched alkanes of at least 4 members (excludes halogenated alkanes) is 50. The highest BCUT2D eigenvalue weighted by molar-refractivity contribution is 5.76. The maximum atomic E-state index is 12.5. The first-order valence-corrected chi connectivity index (χ1v) is 33.6. The van der Waals surface area contributed by atoms with Gasteiger partial charge in [-0.1, -0.05) is 334 Å². The SMILES string of the molecule is CCCC/C=C\CCCCCCCC(=O)OCCCCCCCCCCCCCCCCCCCCCCCCCCCCCCCCC(=O)NC(CO)C(O)/C=C/CCCCCCCCCCCCCCCC. The van der Waals surface area contributed by atoms with Crippen LogP contribution in [0.15, 0.2) is 24.3 Å². The van der Waals surface area contributed by atoms with Crippen LogP contribution in [0.4, 0.5) is 0 Å². The van der Waals surface area contributed by atoms with Crippen molar-refractivity contribution in [3.8, 4) is 0 Å². The Morgan fingerprint density at radius 3 is 1.00 bits per heavy atom. The lowest BCUT2D eigenvalue weighted by atomic mass is 10.0. The van der Waals surface area contributed by atoms with Crippen LogP contribution in [-0.4, -0.2) is 47.4 Å². The molecule has 0 saturated heterocycles. The molecule has 0 heterocycles. The van der Waals surface area contributed by atoms with Crippen molar-refractivity contribution in [1.82, 2.24) is 5.32 Å². The second-order valence-electron chi connectivity index (χ2n) is 23.2. The molecule has 0 aromatic heterocycles. The van der Waals surface area contributed by atoms with Gasteiger partial charge in [0, 0.05) is 12.8 Å². The van der Waals surface area contributed by atoms with Crippen LogP contribution in [0.3, 0.4) is 0 Å². The molecule has 0 aromatic rings. The minimum Gasteiger partial charge on any atom is -0.466 e. The third-order valence-electron chi connectivity index (χ3n) is 15.7. The van der Waals surface area contributed by atoms with E-state index in [1.165, 1.54) is 302 Å². The Labute approximate surface area is 462 Å². The maximum absolute atomic E-state index is 12.5. The van der Waals surface area contributed by atoms with Crippen LogP contribution in [0.2, 0.25) is 0 Å². The molecule has 0 radical (unpaired) electrons. The van der Waals surface area contributed by atoms with E-state index in [9.17, 15) is 19.8 Å². The van der Waals surface area contributed by atoms with Gasteiger partial charge in [0.15, 0.2) is 0 Å². The van der Waals surface area contributed by atoms with Gasteiger partial charge >= 0.3 is 5.97 Å². The van der Waals surface area contributed by atoms with E-state index in [1.54, 1.807) is 6.08 Å². The summed E-state index contributed by atoms with van der Waals surface area (Å²) in [6.07, 6.45) is 79.7. The highest BCUT2D eigenvalue weighted by Gasteiger charge is 2.18. The van der Waals surface area contributed by atoms with E-state index in [0.717, 1.165) is 44.9 Å². The first-order valence-electron chi connectivity index (χ1n) is 33.6. The van der Waals surface area contributed by atoms with Gasteiger partial charge in [0.25, 0.3) is 0 Å². The minimum atomic E-state index is -0.841. The Morgan fingerprint density at radius 2 is 0.649 bits per heavy atom. The predicted molar refractivity (Wildman–Crippen MR) is 324 cm³/mol. The number of allylic oxidation sites excluding steroid dienone is 3. The molecule has 0 aromatic carbocycles. The monoisotopic (exact) mass is 1040 g/mol. The quantitative estimate of drug-likeness (QED) is 0.0320. The largest absolute Gasteiger partial charge is 0.466 e. The molecule has 0 aliphatic carbocycles. The van der Waals surface area contributed by atoms with Crippen molar-refractivity contribution in [2.24, 2.45) is 0 Å². The summed E-state index contributed by atoms with van der Waals surface area (Å²) in [4.78, 5) is 24.5. The van der Waals surface area contributed by atoms with E-state index in [-0.39, 0.29) is 18.5 Å². The van der Waals surface area contributed by atoms with Crippen molar-refractivity contribution >= 4 is 11.9 Å². The second kappa shape index (κ2) is 63.9. The van der Waals surface area contributed by atoms with E-state index in [4.69, 9.17) is 4.74 Å². The zero-order valence-corrected chi connectivity index (χ0v) is 50.1. The number of hydrogen-bond donors (Lipinski definition) is 3. The average Bonchev–Trinajstić information content (AvgIpc) is 3.40. The number of aliphatic hydroxyl groups is 2. The number of amides is 1. The summed E-state index contributed by atoms with van der Waals surface area (Å²) in [6.45, 7) is 4.89. The molecule has 2 unspecified atom stereocenters. The smallest absolute Gasteiger partial charge is 0.305 e. The van der Waals surface area contributed by atoms with E-state index in [1.807, 2.05) is 6.08 Å². The molecule has 3 N–H and O–H groups in total. The third kappa shape index (κ3) is 59.6. The Hall–Kier alpha value is -1.66. The van der Waals surface area contributed by atoms with Crippen LogP contribution in [0.1, 0.15) is 373 Å². The van der Waals surface area contributed by atoms with Gasteiger partial charge in [-0.05, 0) is 51.4 Å². The van der Waals surface area contributed by atoms with Crippen molar-refractivity contribution in [2.75, 3.05) is 13.2 Å². The molecule has 0 saturated carbocycles. The summed E-state index contributed by atoms with van der Waals surface area (Å²) in [5.74, 6) is -0.0525. The molecule has 438 valence electrons.